The Morgan fingerprint density at radius 3 is 1.84 bits per heavy atom. The maximum Gasteiger partial charge on any atom is 0.115 e. The Bertz CT molecular complexity index is 2200. The minimum atomic E-state index is -1.03. The molecule has 290 valence electrons. The number of thioether (sulfide) groups is 2. The van der Waals surface area contributed by atoms with E-state index in [0.717, 1.165) is 67.6 Å². The summed E-state index contributed by atoms with van der Waals surface area (Å²) in [5.41, 5.74) is 10.0. The largest absolute Gasteiger partial charge is 0.388 e. The monoisotopic (exact) mass is 787 g/mol. The second-order valence-corrected chi connectivity index (χ2v) is 18.1. The average Bonchev–Trinajstić information content (AvgIpc) is 4.05. The van der Waals surface area contributed by atoms with E-state index < -0.39 is 24.3 Å². The molecule has 2 saturated carbocycles. The van der Waals surface area contributed by atoms with Crippen molar-refractivity contribution in [1.82, 2.24) is 24.5 Å². The van der Waals surface area contributed by atoms with Crippen LogP contribution in [0.15, 0.2) is 83.6 Å². The molecular weight excluding hydrogens is 739 g/mol. The lowest BCUT2D eigenvalue weighted by atomic mass is 10.0. The second-order valence-electron chi connectivity index (χ2n) is 16.1. The predicted octanol–water partition coefficient (Wildman–Crippen LogP) is 7.67. The first-order chi connectivity index (χ1) is 27.5. The van der Waals surface area contributed by atoms with Gasteiger partial charge in [0.2, 0.25) is 0 Å². The van der Waals surface area contributed by atoms with Gasteiger partial charge in [-0.15, -0.1) is 23.5 Å². The van der Waals surface area contributed by atoms with Crippen molar-refractivity contribution in [3.8, 4) is 0 Å². The third-order valence-corrected chi connectivity index (χ3v) is 14.2. The van der Waals surface area contributed by atoms with E-state index in [9.17, 15) is 10.2 Å². The first-order valence-corrected chi connectivity index (χ1v) is 22.2. The van der Waals surface area contributed by atoms with Gasteiger partial charge in [0, 0.05) is 65.7 Å². The highest BCUT2D eigenvalue weighted by atomic mass is 32.2. The lowest BCUT2D eigenvalue weighted by molar-refractivity contribution is -0.000172. The van der Waals surface area contributed by atoms with E-state index in [0.29, 0.717) is 23.6 Å². The molecule has 6 heterocycles. The third-order valence-electron chi connectivity index (χ3n) is 11.9. The molecule has 0 radical (unpaired) electrons. The first kappa shape index (κ1) is 35.9. The van der Waals surface area contributed by atoms with Gasteiger partial charge in [-0.2, -0.15) is 0 Å². The van der Waals surface area contributed by atoms with Crippen LogP contribution in [0.2, 0.25) is 0 Å². The van der Waals surface area contributed by atoms with Gasteiger partial charge in [-0.05, 0) is 91.3 Å². The number of rotatable bonds is 13. The normalized spacial score (nSPS) is 21.7. The topological polar surface area (TPSA) is 154 Å². The van der Waals surface area contributed by atoms with Gasteiger partial charge in [0.05, 0.1) is 52.2 Å². The maximum atomic E-state index is 11.5. The molecule has 4 aliphatic rings. The van der Waals surface area contributed by atoms with Gasteiger partial charge in [0.25, 0.3) is 0 Å². The molecule has 0 bridgehead atoms. The summed E-state index contributed by atoms with van der Waals surface area (Å²) < 4.78 is 2.09. The Morgan fingerprint density at radius 1 is 0.732 bits per heavy atom. The molecule has 2 fully saturated rings. The van der Waals surface area contributed by atoms with Crippen molar-refractivity contribution in [2.75, 3.05) is 22.1 Å². The Labute approximate surface area is 334 Å². The van der Waals surface area contributed by atoms with Crippen LogP contribution < -0.4 is 10.6 Å². The van der Waals surface area contributed by atoms with E-state index in [2.05, 4.69) is 83.8 Å². The van der Waals surface area contributed by atoms with E-state index >= 15 is 0 Å². The van der Waals surface area contributed by atoms with Crippen molar-refractivity contribution in [2.45, 2.75) is 101 Å². The summed E-state index contributed by atoms with van der Waals surface area (Å²) in [6.07, 6.45) is 18.3. The van der Waals surface area contributed by atoms with Crippen LogP contribution >= 0.6 is 23.5 Å². The van der Waals surface area contributed by atoms with Gasteiger partial charge in [-0.25, -0.2) is 4.98 Å². The molecule has 13 heteroatoms. The summed E-state index contributed by atoms with van der Waals surface area (Å²) in [6, 6.07) is 15.7. The summed E-state index contributed by atoms with van der Waals surface area (Å²) in [4.78, 5) is 24.7. The third kappa shape index (κ3) is 7.42. The number of aromatic amines is 3. The van der Waals surface area contributed by atoms with Crippen LogP contribution in [0.25, 0.3) is 21.8 Å². The number of benzene rings is 2. The molecule has 4 unspecified atom stereocenters. The molecule has 0 amide bonds. The number of aromatic nitrogens is 5. The summed E-state index contributed by atoms with van der Waals surface area (Å²) in [5, 5.41) is 34.8. The molecule has 2 aliphatic carbocycles. The van der Waals surface area contributed by atoms with E-state index in [1.54, 1.807) is 23.5 Å². The molecule has 2 aromatic carbocycles. The second kappa shape index (κ2) is 15.5. The van der Waals surface area contributed by atoms with Gasteiger partial charge < -0.3 is 40.4 Å². The van der Waals surface area contributed by atoms with Crippen LogP contribution in [0.4, 0.5) is 11.4 Å². The van der Waals surface area contributed by atoms with Crippen LogP contribution in [-0.4, -0.2) is 92.7 Å². The minimum Gasteiger partial charge on any atom is -0.388 e. The van der Waals surface area contributed by atoms with Crippen LogP contribution in [-0.2, 0) is 13.0 Å². The van der Waals surface area contributed by atoms with E-state index in [1.807, 2.05) is 24.9 Å². The number of hydrogen-bond acceptors (Lipinski definition) is 9. The Hall–Kier alpha value is -4.43. The zero-order valence-corrected chi connectivity index (χ0v) is 33.0. The van der Waals surface area contributed by atoms with E-state index in [-0.39, 0.29) is 0 Å². The van der Waals surface area contributed by atoms with Crippen LogP contribution in [0.5, 0.6) is 0 Å². The lowest BCUT2D eigenvalue weighted by Gasteiger charge is -2.24. The van der Waals surface area contributed by atoms with Gasteiger partial charge in [-0.1, -0.05) is 25.7 Å². The fourth-order valence-corrected chi connectivity index (χ4v) is 11.2. The molecular formula is C43H49N9O2S2. The minimum absolute atomic E-state index is 0.424. The standard InChI is InChI=1S/C43H49N9O2S2/c53-40(36-22-55-42(50-36)34-18-28-14-26(13-25-9-10-44-20-25)16-32(38(28)48-34)46-30-5-1-2-6-30)41(54)37-23-56-43(51-37)35-19-29-15-27(21-52-12-11-45-24-52)17-33(39(29)49-35)47-31-7-3-4-8-31/h9-12,14-20,24,30-31,36-37,40-41,44,46-49,53-54H,1-8,13,21-23H2. The number of imidazole rings is 1. The molecule has 2 aliphatic heterocycles. The SMILES string of the molecule is OC(C1CSC(c2cc3cc(Cc4cc[nH]c4)cc(NC4CCCC4)c3[nH]2)=N1)C(O)C1CSC(c2cc3cc(Cn4ccnc4)cc(NC4CCCC4)c3[nH]2)=N1. The number of nitrogens with zero attached hydrogens (tertiary/aromatic N) is 4. The van der Waals surface area contributed by atoms with Crippen LogP contribution in [0.3, 0.4) is 0 Å². The smallest absolute Gasteiger partial charge is 0.115 e. The molecule has 10 rings (SSSR count). The predicted molar refractivity (Wildman–Crippen MR) is 231 cm³/mol. The van der Waals surface area contributed by atoms with Crippen molar-refractivity contribution in [1.29, 1.82) is 0 Å². The number of aliphatic imine (C=N–C) groups is 2. The van der Waals surface area contributed by atoms with Crippen molar-refractivity contribution in [2.24, 2.45) is 9.98 Å². The van der Waals surface area contributed by atoms with Gasteiger partial charge in [0.1, 0.15) is 22.3 Å². The molecule has 4 atom stereocenters. The number of hydrogen-bond donors (Lipinski definition) is 7. The molecule has 6 aromatic rings. The molecule has 7 N–H and O–H groups in total. The highest BCUT2D eigenvalue weighted by Gasteiger charge is 2.38. The van der Waals surface area contributed by atoms with E-state index in [4.69, 9.17) is 9.98 Å². The van der Waals surface area contributed by atoms with Crippen molar-refractivity contribution < 1.29 is 10.2 Å². The van der Waals surface area contributed by atoms with Crippen molar-refractivity contribution in [3.05, 3.63) is 102 Å². The summed E-state index contributed by atoms with van der Waals surface area (Å²) in [5.74, 6) is 1.20. The number of nitrogens with one attached hydrogen (secondary N) is 5. The summed E-state index contributed by atoms with van der Waals surface area (Å²) in [6.45, 7) is 0.746. The number of fused-ring (bicyclic) bond motifs is 2. The highest BCUT2D eigenvalue weighted by molar-refractivity contribution is 8.15. The maximum absolute atomic E-state index is 11.5. The first-order valence-electron chi connectivity index (χ1n) is 20.2. The van der Waals surface area contributed by atoms with Crippen molar-refractivity contribution in [3.63, 3.8) is 0 Å². The fourth-order valence-electron chi connectivity index (χ4n) is 9.02. The number of aliphatic hydroxyl groups is 2. The van der Waals surface area contributed by atoms with E-state index in [1.165, 1.54) is 68.1 Å². The Balaban J connectivity index is 0.865. The molecule has 11 nitrogen and oxygen atoms in total. The molecule has 4 aromatic heterocycles. The average molecular weight is 788 g/mol. The molecule has 0 spiro atoms. The van der Waals surface area contributed by atoms with Gasteiger partial charge in [-0.3, -0.25) is 9.98 Å². The van der Waals surface area contributed by atoms with Gasteiger partial charge >= 0.3 is 0 Å². The summed E-state index contributed by atoms with van der Waals surface area (Å²) in [7, 11) is 0. The Morgan fingerprint density at radius 2 is 1.30 bits per heavy atom. The lowest BCUT2D eigenvalue weighted by Crippen LogP contribution is -2.43. The number of H-pyrrole nitrogens is 3. The molecule has 56 heavy (non-hydrogen) atoms. The molecule has 0 saturated heterocycles. The van der Waals surface area contributed by atoms with Gasteiger partial charge in [0.15, 0.2) is 0 Å². The van der Waals surface area contributed by atoms with Crippen molar-refractivity contribution >= 4 is 66.8 Å². The number of anilines is 2. The highest BCUT2D eigenvalue weighted by Crippen LogP contribution is 2.36. The Kier molecular flexibility index (Phi) is 9.94. The number of aliphatic hydroxyl groups excluding tert-OH is 2. The zero-order valence-electron chi connectivity index (χ0n) is 31.4. The van der Waals surface area contributed by atoms with Crippen LogP contribution in [0.1, 0.15) is 79.4 Å². The summed E-state index contributed by atoms with van der Waals surface area (Å²) >= 11 is 3.26. The zero-order chi connectivity index (χ0) is 37.6. The fraction of sp³-hybridized carbons (Fsp3) is 0.419. The quantitative estimate of drug-likeness (QED) is 0.0634. The van der Waals surface area contributed by atoms with Crippen LogP contribution in [0, 0.1) is 0 Å².